The van der Waals surface area contributed by atoms with Gasteiger partial charge in [0.05, 0.1) is 17.7 Å². The normalized spacial score (nSPS) is 15.8. The Morgan fingerprint density at radius 2 is 1.93 bits per heavy atom. The number of nitrogens with one attached hydrogen (secondary N) is 1. The first-order valence-electron chi connectivity index (χ1n) is 10.1. The van der Waals surface area contributed by atoms with E-state index in [2.05, 4.69) is 15.2 Å². The summed E-state index contributed by atoms with van der Waals surface area (Å²) in [6, 6.07) is 6.60. The van der Waals surface area contributed by atoms with Crippen LogP contribution in [0.4, 0.5) is 4.39 Å². The summed E-state index contributed by atoms with van der Waals surface area (Å²) in [5.74, 6) is -0.316. The molecule has 0 saturated carbocycles. The van der Waals surface area contributed by atoms with Crippen molar-refractivity contribution in [1.29, 1.82) is 0 Å². The molecule has 1 N–H and O–H groups in total. The molecule has 0 unspecified atom stereocenters. The van der Waals surface area contributed by atoms with E-state index in [4.69, 9.17) is 0 Å². The lowest BCUT2D eigenvalue weighted by molar-refractivity contribution is -0.131. The Labute approximate surface area is 181 Å². The van der Waals surface area contributed by atoms with Crippen molar-refractivity contribution in [3.63, 3.8) is 0 Å². The molecule has 0 spiro atoms. The minimum absolute atomic E-state index is 0.0761. The first-order valence-corrected chi connectivity index (χ1v) is 11.0. The zero-order valence-corrected chi connectivity index (χ0v) is 18.8. The molecule has 1 aromatic heterocycles. The SMILES string of the molecule is CN(C)C(=O)CN1CCC(NC(=O)C(C)(C)c2csc(-c3ccccc3F)n2)CC1. The quantitative estimate of drug-likeness (QED) is 0.762. The first kappa shape index (κ1) is 22.4. The van der Waals surface area contributed by atoms with E-state index in [-0.39, 0.29) is 23.7 Å². The van der Waals surface area contributed by atoms with Crippen molar-refractivity contribution in [1.82, 2.24) is 20.1 Å². The van der Waals surface area contributed by atoms with E-state index in [1.807, 2.05) is 19.2 Å². The molecule has 1 aliphatic rings. The monoisotopic (exact) mass is 432 g/mol. The largest absolute Gasteiger partial charge is 0.352 e. The predicted octanol–water partition coefficient (Wildman–Crippen LogP) is 2.90. The maximum absolute atomic E-state index is 14.1. The lowest BCUT2D eigenvalue weighted by Gasteiger charge is -2.34. The zero-order chi connectivity index (χ0) is 21.9. The number of carbonyl (C=O) groups excluding carboxylic acids is 2. The van der Waals surface area contributed by atoms with Gasteiger partial charge in [0.2, 0.25) is 11.8 Å². The number of carbonyl (C=O) groups is 2. The van der Waals surface area contributed by atoms with Crippen molar-refractivity contribution in [2.24, 2.45) is 0 Å². The van der Waals surface area contributed by atoms with E-state index in [9.17, 15) is 14.0 Å². The van der Waals surface area contributed by atoms with E-state index >= 15 is 0 Å². The fourth-order valence-electron chi connectivity index (χ4n) is 3.37. The highest BCUT2D eigenvalue weighted by Gasteiger charge is 2.34. The van der Waals surface area contributed by atoms with E-state index in [0.29, 0.717) is 22.8 Å². The van der Waals surface area contributed by atoms with Crippen molar-refractivity contribution in [3.8, 4) is 10.6 Å². The molecule has 0 atom stereocenters. The number of aromatic nitrogens is 1. The lowest BCUT2D eigenvalue weighted by atomic mass is 9.88. The van der Waals surface area contributed by atoms with Crippen molar-refractivity contribution in [3.05, 3.63) is 41.2 Å². The summed E-state index contributed by atoms with van der Waals surface area (Å²) in [7, 11) is 3.51. The molecule has 2 amide bonds. The molecular formula is C22H29FN4O2S. The van der Waals surface area contributed by atoms with Gasteiger partial charge in [0.25, 0.3) is 0 Å². The van der Waals surface area contributed by atoms with Crippen LogP contribution in [0.3, 0.4) is 0 Å². The van der Waals surface area contributed by atoms with Gasteiger partial charge in [0.15, 0.2) is 0 Å². The number of hydrogen-bond acceptors (Lipinski definition) is 5. The smallest absolute Gasteiger partial charge is 0.236 e. The molecule has 8 heteroatoms. The average molecular weight is 433 g/mol. The van der Waals surface area contributed by atoms with E-state index in [1.165, 1.54) is 17.4 Å². The van der Waals surface area contributed by atoms with Crippen LogP contribution in [0.25, 0.3) is 10.6 Å². The number of hydrogen-bond donors (Lipinski definition) is 1. The van der Waals surface area contributed by atoms with Gasteiger partial charge in [-0.1, -0.05) is 12.1 Å². The van der Waals surface area contributed by atoms with Crippen LogP contribution >= 0.6 is 11.3 Å². The molecule has 1 fully saturated rings. The van der Waals surface area contributed by atoms with Crippen LogP contribution in [0.15, 0.2) is 29.6 Å². The summed E-state index contributed by atoms with van der Waals surface area (Å²) >= 11 is 1.34. The predicted molar refractivity (Wildman–Crippen MR) is 117 cm³/mol. The summed E-state index contributed by atoms with van der Waals surface area (Å²) in [6.45, 7) is 5.65. The summed E-state index contributed by atoms with van der Waals surface area (Å²) in [4.78, 5) is 33.1. The van der Waals surface area contributed by atoms with Crippen molar-refractivity contribution in [2.75, 3.05) is 33.7 Å². The van der Waals surface area contributed by atoms with Gasteiger partial charge in [0.1, 0.15) is 10.8 Å². The number of piperidine rings is 1. The highest BCUT2D eigenvalue weighted by atomic mass is 32.1. The standard InChI is InChI=1S/C22H29FN4O2S/c1-22(2,18-14-30-20(25-18)16-7-5-6-8-17(16)23)21(29)24-15-9-11-27(12-10-15)13-19(28)26(3)4/h5-8,14-15H,9-13H2,1-4H3,(H,24,29). The van der Waals surface area contributed by atoms with Gasteiger partial charge < -0.3 is 10.2 Å². The second-order valence-corrected chi connectivity index (χ2v) is 9.31. The number of thiazole rings is 1. The third-order valence-corrected chi connectivity index (χ3v) is 6.47. The fraction of sp³-hybridized carbons (Fsp3) is 0.500. The van der Waals surface area contributed by atoms with E-state index in [1.54, 1.807) is 37.2 Å². The fourth-order valence-corrected chi connectivity index (χ4v) is 4.38. The summed E-state index contributed by atoms with van der Waals surface area (Å²) in [5.41, 5.74) is 0.264. The molecule has 30 heavy (non-hydrogen) atoms. The molecule has 3 rings (SSSR count). The van der Waals surface area contributed by atoms with Gasteiger partial charge in [-0.3, -0.25) is 14.5 Å². The number of amides is 2. The third kappa shape index (κ3) is 5.05. The minimum atomic E-state index is -0.821. The van der Waals surface area contributed by atoms with Crippen LogP contribution in [0.5, 0.6) is 0 Å². The second kappa shape index (κ2) is 9.22. The third-order valence-electron chi connectivity index (χ3n) is 5.60. The highest BCUT2D eigenvalue weighted by molar-refractivity contribution is 7.13. The molecule has 1 aromatic carbocycles. The van der Waals surface area contributed by atoms with Crippen LogP contribution in [-0.2, 0) is 15.0 Å². The van der Waals surface area contributed by atoms with Gasteiger partial charge in [0, 0.05) is 44.2 Å². The topological polar surface area (TPSA) is 65.5 Å². The molecule has 0 bridgehead atoms. The van der Waals surface area contributed by atoms with Crippen LogP contribution in [0, 0.1) is 5.82 Å². The Hall–Kier alpha value is -2.32. The van der Waals surface area contributed by atoms with Gasteiger partial charge >= 0.3 is 0 Å². The molecule has 0 aliphatic carbocycles. The number of halogens is 1. The summed E-state index contributed by atoms with van der Waals surface area (Å²) in [5, 5.41) is 5.55. The number of rotatable bonds is 6. The van der Waals surface area contributed by atoms with Crippen LogP contribution in [0.1, 0.15) is 32.4 Å². The molecule has 162 valence electrons. The maximum Gasteiger partial charge on any atom is 0.236 e. The maximum atomic E-state index is 14.1. The number of likely N-dealkylation sites (tertiary alicyclic amines) is 1. The van der Waals surface area contributed by atoms with Crippen LogP contribution in [-0.4, -0.2) is 66.4 Å². The lowest BCUT2D eigenvalue weighted by Crippen LogP contribution is -2.50. The number of benzene rings is 1. The van der Waals surface area contributed by atoms with E-state index in [0.717, 1.165) is 25.9 Å². The first-order chi connectivity index (χ1) is 14.2. The number of likely N-dealkylation sites (N-methyl/N-ethyl adjacent to an activating group) is 1. The Bertz CT molecular complexity index is 904. The molecule has 0 radical (unpaired) electrons. The van der Waals surface area contributed by atoms with Gasteiger partial charge in [-0.25, -0.2) is 9.37 Å². The number of nitrogens with zero attached hydrogens (tertiary/aromatic N) is 3. The van der Waals surface area contributed by atoms with Gasteiger partial charge in [-0.15, -0.1) is 11.3 Å². The second-order valence-electron chi connectivity index (χ2n) is 8.45. The Morgan fingerprint density at radius 1 is 1.27 bits per heavy atom. The molecule has 2 heterocycles. The van der Waals surface area contributed by atoms with Crippen molar-refractivity contribution < 1.29 is 14.0 Å². The molecule has 1 saturated heterocycles. The molecule has 2 aromatic rings. The van der Waals surface area contributed by atoms with Gasteiger partial charge in [-0.2, -0.15) is 0 Å². The zero-order valence-electron chi connectivity index (χ0n) is 17.9. The Kier molecular flexibility index (Phi) is 6.88. The van der Waals surface area contributed by atoms with Crippen molar-refractivity contribution in [2.45, 2.75) is 38.1 Å². The molecule has 1 aliphatic heterocycles. The van der Waals surface area contributed by atoms with Gasteiger partial charge in [-0.05, 0) is 38.8 Å². The molecule has 6 nitrogen and oxygen atoms in total. The summed E-state index contributed by atoms with van der Waals surface area (Å²) < 4.78 is 14.1. The minimum Gasteiger partial charge on any atom is -0.352 e. The highest BCUT2D eigenvalue weighted by Crippen LogP contribution is 2.31. The van der Waals surface area contributed by atoms with Crippen LogP contribution in [0.2, 0.25) is 0 Å². The molecular weight excluding hydrogens is 403 g/mol. The average Bonchev–Trinajstić information content (AvgIpc) is 3.20. The Balaban J connectivity index is 1.59. The van der Waals surface area contributed by atoms with E-state index < -0.39 is 5.41 Å². The van der Waals surface area contributed by atoms with Crippen LogP contribution < -0.4 is 5.32 Å². The Morgan fingerprint density at radius 3 is 2.57 bits per heavy atom. The summed E-state index contributed by atoms with van der Waals surface area (Å²) in [6.07, 6.45) is 1.61. The van der Waals surface area contributed by atoms with Crippen molar-refractivity contribution >= 4 is 23.2 Å².